The van der Waals surface area contributed by atoms with Crippen LogP contribution in [0.25, 0.3) is 0 Å². The highest BCUT2D eigenvalue weighted by atomic mass is 19.3. The number of halogens is 2. The summed E-state index contributed by atoms with van der Waals surface area (Å²) in [4.78, 5) is 15.7. The molecule has 12 heteroatoms. The van der Waals surface area contributed by atoms with Crippen molar-refractivity contribution in [2.75, 3.05) is 37.8 Å². The first kappa shape index (κ1) is 23.1. The third-order valence-corrected chi connectivity index (χ3v) is 6.84. The summed E-state index contributed by atoms with van der Waals surface area (Å²) < 4.78 is 40.8. The van der Waals surface area contributed by atoms with E-state index in [1.165, 1.54) is 19.1 Å². The minimum Gasteiger partial charge on any atom is -0.490 e. The zero-order valence-electron chi connectivity index (χ0n) is 18.9. The molecule has 1 saturated heterocycles. The lowest BCUT2D eigenvalue weighted by Gasteiger charge is -2.33. The molecule has 2 N–H and O–H groups in total. The van der Waals surface area contributed by atoms with Crippen molar-refractivity contribution in [3.8, 4) is 5.75 Å². The zero-order chi connectivity index (χ0) is 24.0. The van der Waals surface area contributed by atoms with Crippen LogP contribution in [0.15, 0.2) is 12.1 Å². The molecule has 1 fully saturated rings. The van der Waals surface area contributed by atoms with Crippen LogP contribution in [-0.2, 0) is 22.5 Å². The first-order valence-electron chi connectivity index (χ1n) is 11.5. The number of carbonyl (C=O) groups is 1. The normalized spacial score (nSPS) is 18.5. The molecule has 1 aromatic heterocycles. The molecule has 4 heterocycles. The number of rotatable bonds is 4. The highest BCUT2D eigenvalue weighted by molar-refractivity contribution is 6.59. The number of hydrogen-bond donors (Lipinski definition) is 2. The lowest BCUT2D eigenvalue weighted by molar-refractivity contribution is -0.129. The predicted octanol–water partition coefficient (Wildman–Crippen LogP) is 1.29. The second-order valence-electron chi connectivity index (χ2n) is 8.85. The average Bonchev–Trinajstić information content (AvgIpc) is 3.22. The molecule has 1 amide bonds. The summed E-state index contributed by atoms with van der Waals surface area (Å²) in [6.07, 6.45) is -0.574. The van der Waals surface area contributed by atoms with Gasteiger partial charge in [-0.1, -0.05) is 0 Å². The number of anilines is 2. The van der Waals surface area contributed by atoms with E-state index in [0.717, 1.165) is 24.1 Å². The first-order chi connectivity index (χ1) is 16.3. The molecule has 182 valence electrons. The Bertz CT molecular complexity index is 1090. The molecule has 2 aromatic rings. The van der Waals surface area contributed by atoms with Crippen LogP contribution in [0, 0.1) is 0 Å². The molecule has 0 aliphatic carbocycles. The molecular weight excluding hydrogens is 449 g/mol. The maximum atomic E-state index is 13.8. The van der Waals surface area contributed by atoms with Crippen LogP contribution in [0.5, 0.6) is 5.75 Å². The molecule has 9 nitrogen and oxygen atoms in total. The van der Waals surface area contributed by atoms with Crippen molar-refractivity contribution in [1.29, 1.82) is 0 Å². The Kier molecular flexibility index (Phi) is 6.21. The van der Waals surface area contributed by atoms with E-state index in [2.05, 4.69) is 0 Å². The van der Waals surface area contributed by atoms with E-state index in [0.29, 0.717) is 50.8 Å². The second-order valence-corrected chi connectivity index (χ2v) is 8.85. The van der Waals surface area contributed by atoms with Crippen LogP contribution in [0.1, 0.15) is 49.1 Å². The Balaban J connectivity index is 1.62. The van der Waals surface area contributed by atoms with E-state index in [9.17, 15) is 23.6 Å². The van der Waals surface area contributed by atoms with E-state index in [-0.39, 0.29) is 29.8 Å². The van der Waals surface area contributed by atoms with Gasteiger partial charge in [-0.15, -0.1) is 0 Å². The fourth-order valence-corrected chi connectivity index (χ4v) is 5.07. The number of alkyl halides is 2. The zero-order valence-corrected chi connectivity index (χ0v) is 18.9. The summed E-state index contributed by atoms with van der Waals surface area (Å²) in [7, 11) is -2.04. The molecule has 3 aliphatic rings. The van der Waals surface area contributed by atoms with Gasteiger partial charge in [0.15, 0.2) is 5.82 Å². The number of aromatic nitrogens is 2. The predicted molar refractivity (Wildman–Crippen MR) is 120 cm³/mol. The Labute approximate surface area is 196 Å². The van der Waals surface area contributed by atoms with Gasteiger partial charge in [0, 0.05) is 49.9 Å². The van der Waals surface area contributed by atoms with Crippen molar-refractivity contribution in [2.45, 2.75) is 45.2 Å². The van der Waals surface area contributed by atoms with Gasteiger partial charge in [-0.3, -0.25) is 9.48 Å². The minimum absolute atomic E-state index is 0.0284. The van der Waals surface area contributed by atoms with E-state index in [1.807, 2.05) is 9.58 Å². The lowest BCUT2D eigenvalue weighted by Crippen LogP contribution is -2.37. The van der Waals surface area contributed by atoms with Crippen molar-refractivity contribution in [3.63, 3.8) is 0 Å². The Morgan fingerprint density at radius 2 is 1.97 bits per heavy atom. The second kappa shape index (κ2) is 9.16. The van der Waals surface area contributed by atoms with Gasteiger partial charge in [0.1, 0.15) is 12.4 Å². The average molecular weight is 476 g/mol. The molecule has 0 radical (unpaired) electrons. The third kappa shape index (κ3) is 4.03. The van der Waals surface area contributed by atoms with Gasteiger partial charge in [-0.05, 0) is 30.4 Å². The fraction of sp³-hybridized carbons (Fsp3) is 0.545. The smallest absolute Gasteiger partial charge is 0.489 e. The highest BCUT2D eigenvalue weighted by Gasteiger charge is 2.35. The van der Waals surface area contributed by atoms with Gasteiger partial charge in [0.25, 0.3) is 6.43 Å². The highest BCUT2D eigenvalue weighted by Crippen LogP contribution is 2.42. The lowest BCUT2D eigenvalue weighted by atomic mass is 9.76. The van der Waals surface area contributed by atoms with Crippen molar-refractivity contribution in [2.24, 2.45) is 0 Å². The van der Waals surface area contributed by atoms with Crippen LogP contribution >= 0.6 is 0 Å². The number of hydrogen-bond acceptors (Lipinski definition) is 7. The van der Waals surface area contributed by atoms with Gasteiger partial charge < -0.3 is 29.3 Å². The van der Waals surface area contributed by atoms with Gasteiger partial charge in [-0.2, -0.15) is 5.10 Å². The standard InChI is InChI=1S/C22H27BF2N4O5/c1-13(30)27-5-2-18-16(12-27)22(26-29(18)14-3-7-33-8-4-14)28-6-9-34-20-11-17(23(31)32)15(21(24)25)10-19(20)28/h10-11,14,21,31-32H,2-9,12H2,1H3. The molecule has 34 heavy (non-hydrogen) atoms. The van der Waals surface area contributed by atoms with Crippen LogP contribution in [0.4, 0.5) is 20.3 Å². The first-order valence-corrected chi connectivity index (χ1v) is 11.5. The molecule has 0 atom stereocenters. The molecule has 5 rings (SSSR count). The van der Waals surface area contributed by atoms with Crippen LogP contribution < -0.4 is 15.1 Å². The van der Waals surface area contributed by atoms with E-state index < -0.39 is 19.1 Å². The molecular formula is C22H27BF2N4O5. The molecule has 0 unspecified atom stereocenters. The van der Waals surface area contributed by atoms with Gasteiger partial charge >= 0.3 is 7.12 Å². The minimum atomic E-state index is -2.90. The summed E-state index contributed by atoms with van der Waals surface area (Å²) in [5.41, 5.74) is 1.61. The Hall–Kier alpha value is -2.70. The topological polar surface area (TPSA) is 100 Å². The number of nitrogens with zero attached hydrogens (tertiary/aromatic N) is 4. The van der Waals surface area contributed by atoms with Crippen LogP contribution in [0.3, 0.4) is 0 Å². The molecule has 0 bridgehead atoms. The van der Waals surface area contributed by atoms with Crippen LogP contribution in [-0.4, -0.2) is 70.7 Å². The Morgan fingerprint density at radius 3 is 2.65 bits per heavy atom. The summed E-state index contributed by atoms with van der Waals surface area (Å²) >= 11 is 0. The maximum Gasteiger partial charge on any atom is 0.489 e. The van der Waals surface area contributed by atoms with E-state index >= 15 is 0 Å². The Morgan fingerprint density at radius 1 is 1.21 bits per heavy atom. The van der Waals surface area contributed by atoms with Gasteiger partial charge in [0.05, 0.1) is 24.8 Å². The summed E-state index contributed by atoms with van der Waals surface area (Å²) in [6, 6.07) is 2.68. The van der Waals surface area contributed by atoms with Crippen molar-refractivity contribution >= 4 is 30.0 Å². The summed E-state index contributed by atoms with van der Waals surface area (Å²) in [6.45, 7) is 4.49. The van der Waals surface area contributed by atoms with Gasteiger partial charge in [-0.25, -0.2) is 8.78 Å². The van der Waals surface area contributed by atoms with Crippen molar-refractivity contribution < 1.29 is 33.1 Å². The van der Waals surface area contributed by atoms with E-state index in [4.69, 9.17) is 14.6 Å². The quantitative estimate of drug-likeness (QED) is 0.642. The third-order valence-electron chi connectivity index (χ3n) is 6.84. The molecule has 3 aliphatic heterocycles. The molecule has 0 saturated carbocycles. The fourth-order valence-electron chi connectivity index (χ4n) is 5.07. The van der Waals surface area contributed by atoms with Gasteiger partial charge in [0.2, 0.25) is 5.91 Å². The monoisotopic (exact) mass is 476 g/mol. The maximum absolute atomic E-state index is 13.8. The van der Waals surface area contributed by atoms with Crippen LogP contribution in [0.2, 0.25) is 0 Å². The van der Waals surface area contributed by atoms with Crippen molar-refractivity contribution in [3.05, 3.63) is 29.0 Å². The number of amides is 1. The largest absolute Gasteiger partial charge is 0.490 e. The van der Waals surface area contributed by atoms with Crippen molar-refractivity contribution in [1.82, 2.24) is 14.7 Å². The SMILES string of the molecule is CC(=O)N1CCc2c(c(N3CCOc4cc(B(O)O)c(C(F)F)cc43)nn2C2CCOCC2)C1. The number of ether oxygens (including phenoxy) is 2. The summed E-state index contributed by atoms with van der Waals surface area (Å²) in [5, 5.41) is 24.2. The summed E-state index contributed by atoms with van der Waals surface area (Å²) in [5.74, 6) is 0.876. The number of fused-ring (bicyclic) bond motifs is 2. The van der Waals surface area contributed by atoms with E-state index in [1.54, 1.807) is 4.90 Å². The molecule has 0 spiro atoms. The molecule has 1 aromatic carbocycles. The number of benzene rings is 1. The number of carbonyl (C=O) groups excluding carboxylic acids is 1.